The summed E-state index contributed by atoms with van der Waals surface area (Å²) in [6, 6.07) is 75.8. The van der Waals surface area contributed by atoms with E-state index < -0.39 is 5.41 Å². The highest BCUT2D eigenvalue weighted by Crippen LogP contribution is 2.58. The van der Waals surface area contributed by atoms with Crippen LogP contribution >= 0.6 is 11.3 Å². The Morgan fingerprint density at radius 1 is 0.365 bits per heavy atom. The first-order chi connectivity index (χ1) is 31.2. The normalized spacial score (nSPS) is 12.9. The number of benzene rings is 9. The van der Waals surface area contributed by atoms with Gasteiger partial charge < -0.3 is 4.42 Å². The average molecular weight is 822 g/mol. The van der Waals surface area contributed by atoms with Gasteiger partial charge in [0, 0.05) is 47.6 Å². The Bertz CT molecular complexity index is 3700. The Kier molecular flexibility index (Phi) is 7.96. The number of rotatable bonds is 6. The molecule has 0 saturated heterocycles. The number of thiophene rings is 1. The Morgan fingerprint density at radius 2 is 0.952 bits per heavy atom. The lowest BCUT2D eigenvalue weighted by Crippen LogP contribution is -2.28. The van der Waals surface area contributed by atoms with Crippen molar-refractivity contribution in [3.8, 4) is 56.4 Å². The summed E-state index contributed by atoms with van der Waals surface area (Å²) in [7, 11) is 0. The molecule has 4 nitrogen and oxygen atoms in total. The molecule has 0 aliphatic heterocycles. The summed E-state index contributed by atoms with van der Waals surface area (Å²) in [5.41, 5.74) is 13.7. The number of furan rings is 1. The molecule has 63 heavy (non-hydrogen) atoms. The van der Waals surface area contributed by atoms with Gasteiger partial charge in [-0.1, -0.05) is 170 Å². The molecule has 0 N–H and O–H groups in total. The molecule has 12 aromatic rings. The molecule has 0 radical (unpaired) electrons. The summed E-state index contributed by atoms with van der Waals surface area (Å²) in [6.45, 7) is 0. The average Bonchev–Trinajstić information content (AvgIpc) is 4.02. The van der Waals surface area contributed by atoms with Crippen LogP contribution < -0.4 is 0 Å². The van der Waals surface area contributed by atoms with Gasteiger partial charge in [-0.05, 0) is 87.0 Å². The van der Waals surface area contributed by atoms with Crippen LogP contribution in [0.1, 0.15) is 22.3 Å². The van der Waals surface area contributed by atoms with Crippen molar-refractivity contribution < 1.29 is 4.42 Å². The molecular weight excluding hydrogens is 787 g/mol. The maximum atomic E-state index is 6.64. The van der Waals surface area contributed by atoms with Crippen LogP contribution in [0.5, 0.6) is 0 Å². The number of aromatic nitrogens is 3. The summed E-state index contributed by atoms with van der Waals surface area (Å²) in [6.07, 6.45) is 0. The van der Waals surface area contributed by atoms with Crippen LogP contribution in [-0.4, -0.2) is 15.0 Å². The molecule has 3 heterocycles. The third-order valence-corrected chi connectivity index (χ3v) is 14.0. The molecule has 0 unspecified atom stereocenters. The summed E-state index contributed by atoms with van der Waals surface area (Å²) >= 11 is 1.81. The largest absolute Gasteiger partial charge is 0.456 e. The minimum Gasteiger partial charge on any atom is -0.456 e. The molecule has 0 saturated carbocycles. The van der Waals surface area contributed by atoms with E-state index in [2.05, 4.69) is 182 Å². The van der Waals surface area contributed by atoms with Gasteiger partial charge >= 0.3 is 0 Å². The SMILES string of the molecule is c1ccc(-c2nc(-c3ccc4sc5ccccc5c4c3)nc(-c3cccc4oc5ccc(-c6cccc7c6-c6ccccc6C7(c6ccccc6)c6ccccc6)cc5c34)n2)cc1. The maximum Gasteiger partial charge on any atom is 0.164 e. The van der Waals surface area contributed by atoms with Crippen molar-refractivity contribution in [2.75, 3.05) is 0 Å². The quantitative estimate of drug-likeness (QED) is 0.168. The highest BCUT2D eigenvalue weighted by molar-refractivity contribution is 7.25. The molecular formula is C58H35N3OS. The van der Waals surface area contributed by atoms with E-state index in [0.717, 1.165) is 44.2 Å². The fourth-order valence-corrected chi connectivity index (χ4v) is 11.2. The van der Waals surface area contributed by atoms with E-state index in [0.29, 0.717) is 17.5 Å². The van der Waals surface area contributed by atoms with Crippen LogP contribution in [0.15, 0.2) is 217 Å². The number of hydrogen-bond acceptors (Lipinski definition) is 5. The number of nitrogens with zero attached hydrogens (tertiary/aromatic N) is 3. The van der Waals surface area contributed by atoms with E-state index >= 15 is 0 Å². The van der Waals surface area contributed by atoms with Crippen molar-refractivity contribution >= 4 is 53.4 Å². The third-order valence-electron chi connectivity index (χ3n) is 12.8. The van der Waals surface area contributed by atoms with Gasteiger partial charge in [-0.2, -0.15) is 0 Å². The standard InChI is InChI=1S/C58H35N3OS/c1-4-16-36(17-5-1)55-59-56(38-31-33-52-45(35-38)42-22-11-13-29-51(42)63-52)61-57(60-55)44-25-15-28-50-54(44)46-34-37(30-32-49(46)62-50)41-24-14-27-48-53(41)43-23-10-12-26-47(43)58(48,39-18-6-2-7-19-39)40-20-8-3-9-21-40/h1-35H. The first kappa shape index (κ1) is 35.7. The molecule has 1 aliphatic carbocycles. The van der Waals surface area contributed by atoms with Crippen LogP contribution in [-0.2, 0) is 5.41 Å². The highest BCUT2D eigenvalue weighted by atomic mass is 32.1. The van der Waals surface area contributed by atoms with Gasteiger partial charge in [-0.15, -0.1) is 11.3 Å². The van der Waals surface area contributed by atoms with E-state index in [4.69, 9.17) is 19.4 Å². The fourth-order valence-electron chi connectivity index (χ4n) is 10.1. The molecule has 9 aromatic carbocycles. The molecule has 0 spiro atoms. The van der Waals surface area contributed by atoms with Crippen LogP contribution in [0.25, 0.3) is 98.5 Å². The van der Waals surface area contributed by atoms with Crippen LogP contribution in [0.2, 0.25) is 0 Å². The van der Waals surface area contributed by atoms with Gasteiger partial charge in [0.2, 0.25) is 0 Å². The minimum atomic E-state index is -0.488. The lowest BCUT2D eigenvalue weighted by molar-refractivity contribution is 0.669. The van der Waals surface area contributed by atoms with Crippen molar-refractivity contribution in [3.63, 3.8) is 0 Å². The smallest absolute Gasteiger partial charge is 0.164 e. The van der Waals surface area contributed by atoms with Gasteiger partial charge in [0.05, 0.1) is 5.41 Å². The molecule has 5 heteroatoms. The van der Waals surface area contributed by atoms with Gasteiger partial charge in [0.1, 0.15) is 11.2 Å². The molecule has 0 fully saturated rings. The lowest BCUT2D eigenvalue weighted by atomic mass is 9.67. The van der Waals surface area contributed by atoms with E-state index in [9.17, 15) is 0 Å². The molecule has 13 rings (SSSR count). The zero-order chi connectivity index (χ0) is 41.5. The zero-order valence-electron chi connectivity index (χ0n) is 33.9. The summed E-state index contributed by atoms with van der Waals surface area (Å²) in [5.74, 6) is 1.84. The topological polar surface area (TPSA) is 51.8 Å². The van der Waals surface area contributed by atoms with Gasteiger partial charge in [-0.3, -0.25) is 0 Å². The highest BCUT2D eigenvalue weighted by Gasteiger charge is 2.46. The summed E-state index contributed by atoms with van der Waals surface area (Å²) < 4.78 is 9.14. The molecule has 1 aliphatic rings. The zero-order valence-corrected chi connectivity index (χ0v) is 34.7. The lowest BCUT2D eigenvalue weighted by Gasteiger charge is -2.34. The number of hydrogen-bond donors (Lipinski definition) is 0. The Balaban J connectivity index is 1.02. The number of fused-ring (bicyclic) bond motifs is 9. The van der Waals surface area contributed by atoms with Crippen molar-refractivity contribution in [1.29, 1.82) is 0 Å². The molecule has 0 amide bonds. The Labute approximate surface area is 367 Å². The fraction of sp³-hybridized carbons (Fsp3) is 0.0172. The van der Waals surface area contributed by atoms with Crippen LogP contribution in [0, 0.1) is 0 Å². The predicted molar refractivity (Wildman–Crippen MR) is 259 cm³/mol. The van der Waals surface area contributed by atoms with E-state index in [1.165, 1.54) is 59.1 Å². The van der Waals surface area contributed by atoms with E-state index in [-0.39, 0.29) is 0 Å². The molecule has 3 aromatic heterocycles. The molecule has 0 atom stereocenters. The second-order valence-corrected chi connectivity index (χ2v) is 17.3. The second kappa shape index (κ2) is 14.0. The van der Waals surface area contributed by atoms with Crippen molar-refractivity contribution in [2.24, 2.45) is 0 Å². The monoisotopic (exact) mass is 821 g/mol. The van der Waals surface area contributed by atoms with E-state index in [1.807, 2.05) is 30.3 Å². The van der Waals surface area contributed by atoms with Crippen LogP contribution in [0.3, 0.4) is 0 Å². The first-order valence-corrected chi connectivity index (χ1v) is 22.1. The summed E-state index contributed by atoms with van der Waals surface area (Å²) in [4.78, 5) is 15.6. The minimum absolute atomic E-state index is 0.488. The van der Waals surface area contributed by atoms with Crippen molar-refractivity contribution in [2.45, 2.75) is 5.41 Å². The van der Waals surface area contributed by atoms with Gasteiger partial charge in [0.15, 0.2) is 17.5 Å². The van der Waals surface area contributed by atoms with Gasteiger partial charge in [0.25, 0.3) is 0 Å². The Morgan fingerprint density at radius 3 is 1.76 bits per heavy atom. The van der Waals surface area contributed by atoms with E-state index in [1.54, 1.807) is 11.3 Å². The maximum absolute atomic E-state index is 6.64. The van der Waals surface area contributed by atoms with Crippen LogP contribution in [0.4, 0.5) is 0 Å². The Hall–Kier alpha value is -7.99. The summed E-state index contributed by atoms with van der Waals surface area (Å²) in [5, 5.41) is 4.42. The molecule has 294 valence electrons. The third kappa shape index (κ3) is 5.43. The van der Waals surface area contributed by atoms with Crippen molar-refractivity contribution in [3.05, 3.63) is 235 Å². The first-order valence-electron chi connectivity index (χ1n) is 21.3. The molecule has 0 bridgehead atoms. The predicted octanol–water partition coefficient (Wildman–Crippen LogP) is 15.2. The second-order valence-electron chi connectivity index (χ2n) is 16.2. The van der Waals surface area contributed by atoms with Gasteiger partial charge in [-0.25, -0.2) is 15.0 Å². The van der Waals surface area contributed by atoms with Crippen molar-refractivity contribution in [1.82, 2.24) is 15.0 Å².